The highest BCUT2D eigenvalue weighted by Crippen LogP contribution is 2.42. The van der Waals surface area contributed by atoms with E-state index in [2.05, 4.69) is 9.88 Å². The van der Waals surface area contributed by atoms with Crippen molar-refractivity contribution in [1.82, 2.24) is 9.88 Å². The molecule has 3 heterocycles. The molecule has 3 fully saturated rings. The zero-order valence-electron chi connectivity index (χ0n) is 15.4. The highest BCUT2D eigenvalue weighted by atomic mass is 35.5. The van der Waals surface area contributed by atoms with Gasteiger partial charge in [0.25, 0.3) is 0 Å². The van der Waals surface area contributed by atoms with Gasteiger partial charge in [0.1, 0.15) is 23.9 Å². The van der Waals surface area contributed by atoms with Crippen molar-refractivity contribution in [1.29, 1.82) is 0 Å². The fraction of sp³-hybridized carbons (Fsp3) is 0.750. The Morgan fingerprint density at radius 2 is 1.96 bits per heavy atom. The Balaban J connectivity index is 1.22. The van der Waals surface area contributed by atoms with E-state index >= 15 is 0 Å². The molecule has 0 atom stereocenters. The summed E-state index contributed by atoms with van der Waals surface area (Å²) in [6, 6.07) is 1.94. The molecular weight excluding hydrogens is 368 g/mol. The Morgan fingerprint density at radius 3 is 2.62 bits per heavy atom. The van der Waals surface area contributed by atoms with Crippen LogP contribution in [-0.4, -0.2) is 52.2 Å². The minimum Gasteiger partial charge on any atom is -0.616 e. The van der Waals surface area contributed by atoms with Crippen LogP contribution in [0.25, 0.3) is 0 Å². The number of likely N-dealkylation sites (tertiary alicyclic amines) is 1. The predicted molar refractivity (Wildman–Crippen MR) is 107 cm³/mol. The van der Waals surface area contributed by atoms with Crippen LogP contribution in [0.2, 0.25) is 5.02 Å². The Kier molecular flexibility index (Phi) is 5.99. The van der Waals surface area contributed by atoms with Crippen molar-refractivity contribution in [2.24, 2.45) is 5.41 Å². The van der Waals surface area contributed by atoms with Gasteiger partial charge in [-0.05, 0) is 38.8 Å². The largest absolute Gasteiger partial charge is 0.616 e. The molecule has 1 aromatic rings. The molecule has 3 aliphatic rings. The van der Waals surface area contributed by atoms with Gasteiger partial charge in [0.2, 0.25) is 0 Å². The van der Waals surface area contributed by atoms with Crippen LogP contribution in [0, 0.1) is 5.41 Å². The van der Waals surface area contributed by atoms with E-state index in [1.165, 1.54) is 44.9 Å². The summed E-state index contributed by atoms with van der Waals surface area (Å²) >= 11 is 5.94. The second kappa shape index (κ2) is 8.26. The maximum Gasteiger partial charge on any atom is 0.139 e. The molecule has 1 spiro atoms. The molecule has 0 bridgehead atoms. The molecule has 1 aromatic heterocycles. The first kappa shape index (κ1) is 18.9. The van der Waals surface area contributed by atoms with Crippen LogP contribution in [0.1, 0.15) is 56.6 Å². The maximum atomic E-state index is 11.4. The van der Waals surface area contributed by atoms with Crippen LogP contribution in [0.5, 0.6) is 5.75 Å². The summed E-state index contributed by atoms with van der Waals surface area (Å²) in [5.41, 5.74) is 1.45. The van der Waals surface area contributed by atoms with Gasteiger partial charge in [-0.15, -0.1) is 0 Å². The van der Waals surface area contributed by atoms with Crippen molar-refractivity contribution in [3.63, 3.8) is 0 Å². The number of piperidine rings is 1. The van der Waals surface area contributed by atoms with E-state index in [1.807, 2.05) is 12.3 Å². The van der Waals surface area contributed by atoms with E-state index in [0.29, 0.717) is 17.9 Å². The summed E-state index contributed by atoms with van der Waals surface area (Å²) in [5, 5.41) is 0.757. The summed E-state index contributed by atoms with van der Waals surface area (Å²) in [7, 11) is 0. The van der Waals surface area contributed by atoms with Crippen molar-refractivity contribution in [2.45, 2.75) is 50.9 Å². The molecule has 4 nitrogen and oxygen atoms in total. The van der Waals surface area contributed by atoms with Crippen molar-refractivity contribution >= 4 is 22.8 Å². The van der Waals surface area contributed by atoms with Gasteiger partial charge in [0.05, 0.1) is 22.3 Å². The van der Waals surface area contributed by atoms with Crippen molar-refractivity contribution < 1.29 is 9.29 Å². The van der Waals surface area contributed by atoms with Crippen LogP contribution in [-0.2, 0) is 11.2 Å². The smallest absolute Gasteiger partial charge is 0.139 e. The monoisotopic (exact) mass is 396 g/mol. The number of hydrogen-bond acceptors (Lipinski definition) is 4. The lowest BCUT2D eigenvalue weighted by Crippen LogP contribution is -2.54. The first-order valence-corrected chi connectivity index (χ1v) is 11.9. The van der Waals surface area contributed by atoms with Gasteiger partial charge in [0.15, 0.2) is 0 Å². The van der Waals surface area contributed by atoms with Crippen LogP contribution in [0.4, 0.5) is 0 Å². The van der Waals surface area contributed by atoms with Crippen LogP contribution >= 0.6 is 11.6 Å². The summed E-state index contributed by atoms with van der Waals surface area (Å²) in [6.45, 7) is 3.79. The molecule has 0 amide bonds. The van der Waals surface area contributed by atoms with E-state index in [1.54, 1.807) is 0 Å². The van der Waals surface area contributed by atoms with Gasteiger partial charge in [-0.3, -0.25) is 9.88 Å². The number of rotatable bonds is 5. The van der Waals surface area contributed by atoms with Gasteiger partial charge in [-0.1, -0.05) is 42.0 Å². The van der Waals surface area contributed by atoms with E-state index < -0.39 is 11.2 Å². The lowest BCUT2D eigenvalue weighted by molar-refractivity contribution is 0.110. The van der Waals surface area contributed by atoms with Crippen LogP contribution in [0.3, 0.4) is 0 Å². The number of pyridine rings is 1. The van der Waals surface area contributed by atoms with Crippen molar-refractivity contribution in [3.8, 4) is 5.75 Å². The molecule has 0 radical (unpaired) electrons. The van der Waals surface area contributed by atoms with E-state index in [9.17, 15) is 4.55 Å². The number of hydrogen-bond donors (Lipinski definition) is 0. The Morgan fingerprint density at radius 1 is 1.23 bits per heavy atom. The molecule has 0 unspecified atom stereocenters. The number of nitrogens with zero attached hydrogens (tertiary/aromatic N) is 2. The SMILES string of the molecule is [O-][S+]1CC2(CCN(CCOc3cnc(C4CCCCC4)c(Cl)c3)CC2)C1. The quantitative estimate of drug-likeness (QED) is 0.705. The molecule has 4 rings (SSSR count). The van der Waals surface area contributed by atoms with Gasteiger partial charge < -0.3 is 9.29 Å². The molecular formula is C20H29ClN2O2S. The van der Waals surface area contributed by atoms with Crippen molar-refractivity contribution in [2.75, 3.05) is 37.7 Å². The third-order valence-corrected chi connectivity index (χ3v) is 8.54. The van der Waals surface area contributed by atoms with Gasteiger partial charge >= 0.3 is 0 Å². The summed E-state index contributed by atoms with van der Waals surface area (Å²) in [5.74, 6) is 3.15. The Labute approximate surface area is 164 Å². The van der Waals surface area contributed by atoms with E-state index in [0.717, 1.165) is 47.6 Å². The highest BCUT2D eigenvalue weighted by Gasteiger charge is 2.49. The van der Waals surface area contributed by atoms with Gasteiger partial charge in [-0.25, -0.2) is 0 Å². The summed E-state index contributed by atoms with van der Waals surface area (Å²) < 4.78 is 17.3. The molecule has 2 aliphatic heterocycles. The van der Waals surface area contributed by atoms with E-state index in [-0.39, 0.29) is 0 Å². The fourth-order valence-electron chi connectivity index (χ4n) is 4.66. The van der Waals surface area contributed by atoms with Gasteiger partial charge in [0, 0.05) is 18.5 Å². The number of halogens is 1. The van der Waals surface area contributed by atoms with Crippen molar-refractivity contribution in [3.05, 3.63) is 23.0 Å². The molecule has 1 aliphatic carbocycles. The lowest BCUT2D eigenvalue weighted by Gasteiger charge is -2.47. The molecule has 0 aromatic carbocycles. The minimum absolute atomic E-state index is 0.397. The normalized spacial score (nSPS) is 24.5. The standard InChI is InChI=1S/C20H29ClN2O2S/c21-18-12-17(13-22-19(18)16-4-2-1-3-5-16)25-11-10-23-8-6-20(7-9-23)14-26(24)15-20/h12-13,16H,1-11,14-15H2. The molecule has 6 heteroatoms. The first-order chi connectivity index (χ1) is 12.6. The van der Waals surface area contributed by atoms with Crippen LogP contribution in [0.15, 0.2) is 12.3 Å². The van der Waals surface area contributed by atoms with Crippen LogP contribution < -0.4 is 4.74 Å². The first-order valence-electron chi connectivity index (χ1n) is 9.99. The molecule has 1 saturated carbocycles. The maximum absolute atomic E-state index is 11.4. The predicted octanol–water partition coefficient (Wildman–Crippen LogP) is 4.01. The zero-order chi connectivity index (χ0) is 18.0. The zero-order valence-corrected chi connectivity index (χ0v) is 17.0. The lowest BCUT2D eigenvalue weighted by atomic mass is 9.81. The molecule has 26 heavy (non-hydrogen) atoms. The number of ether oxygens (including phenoxy) is 1. The molecule has 0 N–H and O–H groups in total. The Hall–Kier alpha value is -0.490. The third kappa shape index (κ3) is 4.32. The molecule has 144 valence electrons. The molecule has 2 saturated heterocycles. The average Bonchev–Trinajstić information content (AvgIpc) is 2.63. The third-order valence-electron chi connectivity index (χ3n) is 6.36. The topological polar surface area (TPSA) is 48.4 Å². The Bertz CT molecular complexity index is 608. The van der Waals surface area contributed by atoms with Gasteiger partial charge in [-0.2, -0.15) is 0 Å². The average molecular weight is 397 g/mol. The summed E-state index contributed by atoms with van der Waals surface area (Å²) in [6.07, 6.45) is 10.5. The van der Waals surface area contributed by atoms with E-state index in [4.69, 9.17) is 16.3 Å². The second-order valence-electron chi connectivity index (χ2n) is 8.29. The second-order valence-corrected chi connectivity index (χ2v) is 10.2. The highest BCUT2D eigenvalue weighted by molar-refractivity contribution is 7.92. The number of aromatic nitrogens is 1. The minimum atomic E-state index is -0.540. The summed E-state index contributed by atoms with van der Waals surface area (Å²) in [4.78, 5) is 7.07. The fourth-order valence-corrected chi connectivity index (χ4v) is 6.83.